The minimum absolute atomic E-state index is 0.565. The first kappa shape index (κ1) is 25.9. The maximum Gasteiger partial charge on any atom is 0.416 e. The Morgan fingerprint density at radius 2 is 1.15 bits per heavy atom. The second-order valence-corrected chi connectivity index (χ2v) is 10.5. The van der Waals surface area contributed by atoms with Crippen molar-refractivity contribution in [2.45, 2.75) is 46.2 Å². The molecule has 0 aliphatic rings. The molecule has 2 heterocycles. The Morgan fingerprint density at radius 1 is 0.625 bits per heavy atom. The van der Waals surface area contributed by atoms with Crippen molar-refractivity contribution in [1.29, 1.82) is 0 Å². The van der Waals surface area contributed by atoms with Gasteiger partial charge in [-0.15, -0.1) is 0 Å². The normalized spacial score (nSPS) is 12.1. The Morgan fingerprint density at radius 3 is 1.75 bits per heavy atom. The maximum absolute atomic E-state index is 12.9. The fourth-order valence-corrected chi connectivity index (χ4v) is 5.15. The number of fused-ring (bicyclic) bond motifs is 2. The third-order valence-corrected chi connectivity index (χ3v) is 7.66. The smallest absolute Gasteiger partial charge is 0.338 e. The van der Waals surface area contributed by atoms with Crippen molar-refractivity contribution in [3.8, 4) is 22.8 Å². The summed E-state index contributed by atoms with van der Waals surface area (Å²) in [7, 11) is 0. The van der Waals surface area contributed by atoms with Crippen molar-refractivity contribution in [2.75, 3.05) is 0 Å². The predicted octanol–water partition coefficient (Wildman–Crippen LogP) is 8.89. The number of aryl methyl sites for hydroxylation is 5. The molecule has 0 aliphatic carbocycles. The van der Waals surface area contributed by atoms with E-state index >= 15 is 0 Å². The number of nitrogens with one attached hydrogen (secondary N) is 2. The molecule has 0 unspecified atom stereocenters. The van der Waals surface area contributed by atoms with Crippen LogP contribution >= 0.6 is 0 Å². The van der Waals surface area contributed by atoms with E-state index in [1.165, 1.54) is 39.9 Å². The quantitative estimate of drug-likeness (QED) is 0.222. The van der Waals surface area contributed by atoms with Gasteiger partial charge in [0.2, 0.25) is 0 Å². The third kappa shape index (κ3) is 5.11. The van der Waals surface area contributed by atoms with Gasteiger partial charge in [-0.3, -0.25) is 0 Å². The molecule has 6 rings (SSSR count). The SMILES string of the molecule is Cc1cc2nc(-c3ccc(CCCc4cc5nc(-c6ccc(C(F)(F)F)cc6)[nH]c5cc4C)cc3)[nH]c2cc1C. The average molecular weight is 539 g/mol. The molecule has 0 aliphatic heterocycles. The van der Waals surface area contributed by atoms with Gasteiger partial charge in [0.25, 0.3) is 0 Å². The molecule has 0 fully saturated rings. The van der Waals surface area contributed by atoms with E-state index in [1.54, 1.807) is 0 Å². The van der Waals surface area contributed by atoms with E-state index in [0.29, 0.717) is 11.4 Å². The lowest BCUT2D eigenvalue weighted by atomic mass is 9.99. The van der Waals surface area contributed by atoms with E-state index in [0.717, 1.165) is 64.8 Å². The number of imidazole rings is 2. The molecular weight excluding hydrogens is 509 g/mol. The number of alkyl halides is 3. The van der Waals surface area contributed by atoms with Gasteiger partial charge in [-0.2, -0.15) is 13.2 Å². The summed E-state index contributed by atoms with van der Waals surface area (Å²) in [5.74, 6) is 1.44. The van der Waals surface area contributed by atoms with E-state index in [2.05, 4.69) is 84.3 Å². The van der Waals surface area contributed by atoms with Gasteiger partial charge < -0.3 is 9.97 Å². The van der Waals surface area contributed by atoms with Crippen LogP contribution in [0, 0.1) is 20.8 Å². The zero-order valence-corrected chi connectivity index (χ0v) is 22.6. The Labute approximate surface area is 230 Å². The van der Waals surface area contributed by atoms with E-state index in [4.69, 9.17) is 4.98 Å². The number of aromatic nitrogens is 4. The molecule has 4 aromatic carbocycles. The molecular formula is C33H29F3N4. The summed E-state index contributed by atoms with van der Waals surface area (Å²) in [5, 5.41) is 0. The van der Waals surface area contributed by atoms with E-state index in [1.807, 2.05) is 0 Å². The fourth-order valence-electron chi connectivity index (χ4n) is 5.15. The van der Waals surface area contributed by atoms with E-state index in [9.17, 15) is 13.2 Å². The highest BCUT2D eigenvalue weighted by Crippen LogP contribution is 2.31. The van der Waals surface area contributed by atoms with Crippen LogP contribution in [0.25, 0.3) is 44.8 Å². The highest BCUT2D eigenvalue weighted by Gasteiger charge is 2.30. The Balaban J connectivity index is 1.12. The van der Waals surface area contributed by atoms with Crippen LogP contribution in [0.4, 0.5) is 13.2 Å². The van der Waals surface area contributed by atoms with Crippen molar-refractivity contribution < 1.29 is 13.2 Å². The fraction of sp³-hybridized carbons (Fsp3) is 0.212. The molecule has 0 amide bonds. The molecule has 202 valence electrons. The van der Waals surface area contributed by atoms with Gasteiger partial charge in [0.05, 0.1) is 27.6 Å². The van der Waals surface area contributed by atoms with Crippen molar-refractivity contribution in [2.24, 2.45) is 0 Å². The molecule has 0 bridgehead atoms. The number of H-pyrrole nitrogens is 2. The molecule has 7 heteroatoms. The highest BCUT2D eigenvalue weighted by atomic mass is 19.4. The van der Waals surface area contributed by atoms with Gasteiger partial charge in [0.15, 0.2) is 0 Å². The van der Waals surface area contributed by atoms with Crippen molar-refractivity contribution in [3.63, 3.8) is 0 Å². The van der Waals surface area contributed by atoms with Crippen molar-refractivity contribution in [1.82, 2.24) is 19.9 Å². The number of hydrogen-bond acceptors (Lipinski definition) is 2. The number of rotatable bonds is 6. The molecule has 6 aromatic rings. The van der Waals surface area contributed by atoms with Gasteiger partial charge in [-0.25, -0.2) is 9.97 Å². The number of nitrogens with zero attached hydrogens (tertiary/aromatic N) is 2. The molecule has 4 nitrogen and oxygen atoms in total. The van der Waals surface area contributed by atoms with Crippen LogP contribution in [0.2, 0.25) is 0 Å². The molecule has 0 radical (unpaired) electrons. The summed E-state index contributed by atoms with van der Waals surface area (Å²) in [4.78, 5) is 16.1. The zero-order valence-electron chi connectivity index (χ0n) is 22.6. The Bertz CT molecular complexity index is 1790. The predicted molar refractivity (Wildman–Crippen MR) is 154 cm³/mol. The van der Waals surface area contributed by atoms with E-state index < -0.39 is 11.7 Å². The summed E-state index contributed by atoms with van der Waals surface area (Å²) < 4.78 is 38.7. The number of hydrogen-bond donors (Lipinski definition) is 2. The van der Waals surface area contributed by atoms with Crippen LogP contribution in [-0.4, -0.2) is 19.9 Å². The molecule has 2 N–H and O–H groups in total. The van der Waals surface area contributed by atoms with E-state index in [-0.39, 0.29) is 0 Å². The van der Waals surface area contributed by atoms with Gasteiger partial charge in [-0.1, -0.05) is 36.4 Å². The molecule has 2 aromatic heterocycles. The maximum atomic E-state index is 12.9. The monoisotopic (exact) mass is 538 g/mol. The lowest BCUT2D eigenvalue weighted by molar-refractivity contribution is -0.137. The van der Waals surface area contributed by atoms with Crippen molar-refractivity contribution in [3.05, 3.63) is 106 Å². The molecule has 40 heavy (non-hydrogen) atoms. The van der Waals surface area contributed by atoms with Crippen LogP contribution in [-0.2, 0) is 19.0 Å². The second kappa shape index (κ2) is 9.97. The van der Waals surface area contributed by atoms with Crippen LogP contribution < -0.4 is 0 Å². The van der Waals surface area contributed by atoms with Crippen LogP contribution in [0.15, 0.2) is 72.8 Å². The summed E-state index contributed by atoms with van der Waals surface area (Å²) >= 11 is 0. The first-order valence-corrected chi connectivity index (χ1v) is 13.4. The van der Waals surface area contributed by atoms with Crippen LogP contribution in [0.5, 0.6) is 0 Å². The topological polar surface area (TPSA) is 57.4 Å². The summed E-state index contributed by atoms with van der Waals surface area (Å²) in [6.45, 7) is 6.30. The highest BCUT2D eigenvalue weighted by molar-refractivity contribution is 5.82. The Hall–Kier alpha value is -4.39. The first-order valence-electron chi connectivity index (χ1n) is 13.4. The molecule has 0 spiro atoms. The standard InChI is InChI=1S/C33H29F3N4/c1-19-15-27-28(16-20(19)2)38-31(37-27)23-9-7-22(8-10-23)5-4-6-25-18-30-29(17-21(25)3)39-32(40-30)24-11-13-26(14-12-24)33(34,35)36/h7-18H,4-6H2,1-3H3,(H,37,38)(H,39,40). The Kier molecular flexibility index (Phi) is 6.45. The number of benzene rings is 4. The largest absolute Gasteiger partial charge is 0.416 e. The summed E-state index contributed by atoms with van der Waals surface area (Å²) in [6, 6.07) is 22.1. The molecule has 0 atom stereocenters. The minimum Gasteiger partial charge on any atom is -0.338 e. The van der Waals surface area contributed by atoms with Gasteiger partial charge >= 0.3 is 6.18 Å². The summed E-state index contributed by atoms with van der Waals surface area (Å²) in [5.41, 5.74) is 10.9. The van der Waals surface area contributed by atoms with Crippen molar-refractivity contribution >= 4 is 22.1 Å². The third-order valence-electron chi connectivity index (χ3n) is 7.66. The first-order chi connectivity index (χ1) is 19.1. The lowest BCUT2D eigenvalue weighted by Gasteiger charge is -2.07. The number of halogens is 3. The zero-order chi connectivity index (χ0) is 28.0. The van der Waals surface area contributed by atoms with Gasteiger partial charge in [-0.05, 0) is 104 Å². The minimum atomic E-state index is -4.35. The molecule has 0 saturated heterocycles. The second-order valence-electron chi connectivity index (χ2n) is 10.5. The van der Waals surface area contributed by atoms with Gasteiger partial charge in [0, 0.05) is 11.1 Å². The molecule has 0 saturated carbocycles. The summed E-state index contributed by atoms with van der Waals surface area (Å²) in [6.07, 6.45) is -1.50. The number of aromatic amines is 2. The van der Waals surface area contributed by atoms with Gasteiger partial charge in [0.1, 0.15) is 11.6 Å². The lowest BCUT2D eigenvalue weighted by Crippen LogP contribution is -2.04. The average Bonchev–Trinajstić information content (AvgIpc) is 3.52. The van der Waals surface area contributed by atoms with Crippen LogP contribution in [0.1, 0.15) is 39.8 Å². The van der Waals surface area contributed by atoms with Crippen LogP contribution in [0.3, 0.4) is 0 Å².